The number of hydrogen-bond donors (Lipinski definition) is 2. The van der Waals surface area contributed by atoms with Gasteiger partial charge < -0.3 is 10.3 Å². The van der Waals surface area contributed by atoms with Crippen LogP contribution in [0.5, 0.6) is 0 Å². The summed E-state index contributed by atoms with van der Waals surface area (Å²) in [5.74, 6) is 0.282. The molecule has 0 aliphatic carbocycles. The lowest BCUT2D eigenvalue weighted by atomic mass is 10.1. The first-order valence-corrected chi connectivity index (χ1v) is 9.06. The van der Waals surface area contributed by atoms with E-state index in [4.69, 9.17) is 0 Å². The molecule has 2 aromatic carbocycles. The fourth-order valence-corrected chi connectivity index (χ4v) is 3.15. The van der Waals surface area contributed by atoms with Crippen LogP contribution in [0.1, 0.15) is 29.3 Å². The van der Waals surface area contributed by atoms with Gasteiger partial charge in [0.2, 0.25) is 5.91 Å². The Morgan fingerprint density at radius 3 is 2.64 bits per heavy atom. The lowest BCUT2D eigenvalue weighted by Crippen LogP contribution is -2.09. The molecule has 1 heterocycles. The lowest BCUT2D eigenvalue weighted by Gasteiger charge is -2.04. The van der Waals surface area contributed by atoms with Gasteiger partial charge in [0.25, 0.3) is 0 Å². The minimum Gasteiger partial charge on any atom is -0.333 e. The Kier molecular flexibility index (Phi) is 5.19. The molecule has 5 nitrogen and oxygen atoms in total. The van der Waals surface area contributed by atoms with Gasteiger partial charge in [-0.2, -0.15) is 0 Å². The lowest BCUT2D eigenvalue weighted by molar-refractivity contribution is -0.115. The van der Waals surface area contributed by atoms with Crippen molar-refractivity contribution in [2.24, 2.45) is 0 Å². The van der Waals surface area contributed by atoms with Crippen LogP contribution in [0.4, 0.5) is 5.69 Å². The molecular weight excluding hydrogens is 334 g/mol. The van der Waals surface area contributed by atoms with Crippen molar-refractivity contribution in [1.29, 1.82) is 0 Å². The third kappa shape index (κ3) is 4.28. The number of carbonyl (C=O) groups excluding carboxylic acids is 2. The highest BCUT2D eigenvalue weighted by Gasteiger charge is 2.10. The number of aryl methyl sites for hydroxylation is 1. The van der Waals surface area contributed by atoms with Crippen LogP contribution in [0.15, 0.2) is 47.6 Å². The van der Waals surface area contributed by atoms with Crippen LogP contribution in [-0.2, 0) is 4.79 Å². The van der Waals surface area contributed by atoms with Gasteiger partial charge >= 0.3 is 0 Å². The molecule has 6 heteroatoms. The first-order chi connectivity index (χ1) is 12.0. The average molecular weight is 353 g/mol. The van der Waals surface area contributed by atoms with Gasteiger partial charge in [0.15, 0.2) is 10.9 Å². The van der Waals surface area contributed by atoms with E-state index in [2.05, 4.69) is 15.3 Å². The number of benzene rings is 2. The highest BCUT2D eigenvalue weighted by molar-refractivity contribution is 7.99. The zero-order chi connectivity index (χ0) is 17.8. The topological polar surface area (TPSA) is 74.8 Å². The van der Waals surface area contributed by atoms with Crippen LogP contribution in [0.3, 0.4) is 0 Å². The Morgan fingerprint density at radius 1 is 1.16 bits per heavy atom. The molecule has 0 radical (unpaired) electrons. The minimum absolute atomic E-state index is 0.0232. The van der Waals surface area contributed by atoms with E-state index in [0.29, 0.717) is 23.4 Å². The number of fused-ring (bicyclic) bond motifs is 1. The van der Waals surface area contributed by atoms with Crippen LogP contribution < -0.4 is 5.32 Å². The van der Waals surface area contributed by atoms with Gasteiger partial charge in [-0.3, -0.25) is 9.59 Å². The van der Waals surface area contributed by atoms with E-state index in [1.165, 1.54) is 17.3 Å². The number of thioether (sulfide) groups is 1. The van der Waals surface area contributed by atoms with Crippen LogP contribution >= 0.6 is 11.8 Å². The second-order valence-corrected chi connectivity index (χ2v) is 6.72. The van der Waals surface area contributed by atoms with Gasteiger partial charge in [-0.1, -0.05) is 24.8 Å². The highest BCUT2D eigenvalue weighted by atomic mass is 32.2. The van der Waals surface area contributed by atoms with Crippen molar-refractivity contribution in [2.75, 3.05) is 11.1 Å². The summed E-state index contributed by atoms with van der Waals surface area (Å²) in [6, 6.07) is 13.0. The maximum atomic E-state index is 12.3. The maximum absolute atomic E-state index is 12.3. The Hall–Kier alpha value is -2.60. The monoisotopic (exact) mass is 353 g/mol. The molecule has 0 fully saturated rings. The second-order valence-electron chi connectivity index (χ2n) is 5.75. The number of aromatic amines is 1. The summed E-state index contributed by atoms with van der Waals surface area (Å²) in [5.41, 5.74) is 4.36. The molecule has 3 aromatic rings. The Balaban J connectivity index is 1.62. The third-order valence-electron chi connectivity index (χ3n) is 3.77. The van der Waals surface area contributed by atoms with E-state index in [9.17, 15) is 9.59 Å². The quantitative estimate of drug-likeness (QED) is 0.514. The van der Waals surface area contributed by atoms with Gasteiger partial charge in [-0.05, 0) is 48.9 Å². The number of imidazole rings is 1. The second kappa shape index (κ2) is 7.53. The molecule has 2 N–H and O–H groups in total. The van der Waals surface area contributed by atoms with E-state index in [0.717, 1.165) is 16.2 Å². The van der Waals surface area contributed by atoms with Gasteiger partial charge in [-0.25, -0.2) is 4.98 Å². The molecule has 25 heavy (non-hydrogen) atoms. The molecular formula is C19H19N3O2S. The predicted octanol–water partition coefficient (Wildman–Crippen LogP) is 4.19. The molecule has 0 atom stereocenters. The van der Waals surface area contributed by atoms with Crippen LogP contribution in [-0.4, -0.2) is 27.4 Å². The number of amides is 1. The fraction of sp³-hybridized carbons (Fsp3) is 0.211. The molecule has 128 valence electrons. The van der Waals surface area contributed by atoms with Crippen molar-refractivity contribution in [3.63, 3.8) is 0 Å². The van der Waals surface area contributed by atoms with E-state index in [-0.39, 0.29) is 11.7 Å². The predicted molar refractivity (Wildman–Crippen MR) is 101 cm³/mol. The van der Waals surface area contributed by atoms with Crippen molar-refractivity contribution in [2.45, 2.75) is 25.4 Å². The summed E-state index contributed by atoms with van der Waals surface area (Å²) in [6.45, 7) is 3.83. The number of anilines is 1. The number of carbonyl (C=O) groups is 2. The van der Waals surface area contributed by atoms with E-state index >= 15 is 0 Å². The summed E-state index contributed by atoms with van der Waals surface area (Å²) in [7, 11) is 0. The molecule has 1 aromatic heterocycles. The number of nitrogens with zero attached hydrogens (tertiary/aromatic N) is 1. The molecule has 0 saturated heterocycles. The standard InChI is InChI=1S/C19H19N3O2S/c1-3-18(24)20-14-7-5-13(6-8-14)17(23)11-25-19-21-15-9-4-12(2)10-16(15)22-19/h4-10H,3,11H2,1-2H3,(H,20,24)(H,21,22). The summed E-state index contributed by atoms with van der Waals surface area (Å²) >= 11 is 1.39. The molecule has 0 unspecified atom stereocenters. The Bertz CT molecular complexity index is 916. The van der Waals surface area contributed by atoms with Crippen molar-refractivity contribution < 1.29 is 9.59 Å². The van der Waals surface area contributed by atoms with Crippen molar-refractivity contribution >= 4 is 40.2 Å². The molecule has 0 spiro atoms. The first-order valence-electron chi connectivity index (χ1n) is 8.07. The fourth-order valence-electron chi connectivity index (χ4n) is 2.37. The van der Waals surface area contributed by atoms with Crippen LogP contribution in [0.2, 0.25) is 0 Å². The number of rotatable bonds is 6. The Morgan fingerprint density at radius 2 is 1.92 bits per heavy atom. The van der Waals surface area contributed by atoms with E-state index in [1.807, 2.05) is 25.1 Å². The van der Waals surface area contributed by atoms with Crippen LogP contribution in [0.25, 0.3) is 11.0 Å². The number of Topliss-reactive ketones (excluding diaryl/α,β-unsaturated/α-hetero) is 1. The number of hydrogen-bond acceptors (Lipinski definition) is 4. The van der Waals surface area contributed by atoms with E-state index in [1.54, 1.807) is 31.2 Å². The number of aromatic nitrogens is 2. The summed E-state index contributed by atoms with van der Waals surface area (Å²) in [6.07, 6.45) is 0.425. The average Bonchev–Trinajstić information content (AvgIpc) is 3.02. The summed E-state index contributed by atoms with van der Waals surface area (Å²) in [5, 5.41) is 3.50. The molecule has 0 aliphatic heterocycles. The van der Waals surface area contributed by atoms with Gasteiger partial charge in [0, 0.05) is 17.7 Å². The molecule has 3 rings (SSSR count). The van der Waals surface area contributed by atoms with Crippen LogP contribution in [0, 0.1) is 6.92 Å². The third-order valence-corrected chi connectivity index (χ3v) is 4.64. The summed E-state index contributed by atoms with van der Waals surface area (Å²) < 4.78 is 0. The molecule has 0 aliphatic rings. The minimum atomic E-state index is -0.0465. The molecule has 0 bridgehead atoms. The normalized spacial score (nSPS) is 10.8. The van der Waals surface area contributed by atoms with Crippen molar-refractivity contribution in [3.8, 4) is 0 Å². The van der Waals surface area contributed by atoms with Gasteiger partial charge in [0.05, 0.1) is 16.8 Å². The van der Waals surface area contributed by atoms with Crippen molar-refractivity contribution in [3.05, 3.63) is 53.6 Å². The molecule has 1 amide bonds. The summed E-state index contributed by atoms with van der Waals surface area (Å²) in [4.78, 5) is 31.4. The Labute approximate surface area is 150 Å². The SMILES string of the molecule is CCC(=O)Nc1ccc(C(=O)CSc2nc3ccc(C)cc3[nH]2)cc1. The first kappa shape index (κ1) is 17.2. The number of nitrogens with one attached hydrogen (secondary N) is 2. The van der Waals surface area contributed by atoms with Crippen molar-refractivity contribution in [1.82, 2.24) is 9.97 Å². The van der Waals surface area contributed by atoms with Gasteiger partial charge in [0.1, 0.15) is 0 Å². The zero-order valence-corrected chi connectivity index (χ0v) is 14.9. The smallest absolute Gasteiger partial charge is 0.224 e. The highest BCUT2D eigenvalue weighted by Crippen LogP contribution is 2.21. The number of ketones is 1. The molecule has 0 saturated carbocycles. The largest absolute Gasteiger partial charge is 0.333 e. The maximum Gasteiger partial charge on any atom is 0.224 e. The van der Waals surface area contributed by atoms with Gasteiger partial charge in [-0.15, -0.1) is 0 Å². The zero-order valence-electron chi connectivity index (χ0n) is 14.1. The van der Waals surface area contributed by atoms with E-state index < -0.39 is 0 Å². The number of H-pyrrole nitrogens is 1.